The zero-order valence-electron chi connectivity index (χ0n) is 23.9. The second-order valence-electron chi connectivity index (χ2n) is 10.3. The Kier molecular flexibility index (Phi) is 10.1. The lowest BCUT2D eigenvalue weighted by Gasteiger charge is -2.29. The summed E-state index contributed by atoms with van der Waals surface area (Å²) in [5.74, 6) is -7.96. The molecule has 1 heterocycles. The molecule has 0 spiro atoms. The Balaban J connectivity index is 2.06. The second kappa shape index (κ2) is 13.3. The number of carbonyl (C=O) groups excluding carboxylic acids is 6. The molecule has 0 bridgehead atoms. The van der Waals surface area contributed by atoms with Crippen LogP contribution in [0.2, 0.25) is 0 Å². The first kappa shape index (κ1) is 31.1. The van der Waals surface area contributed by atoms with Crippen LogP contribution in [0.4, 0.5) is 5.69 Å². The van der Waals surface area contributed by atoms with Crippen LogP contribution in [0.5, 0.6) is 11.5 Å². The van der Waals surface area contributed by atoms with Crippen LogP contribution in [0.25, 0.3) is 0 Å². The lowest BCUT2D eigenvalue weighted by molar-refractivity contribution is -0.163. The summed E-state index contributed by atoms with van der Waals surface area (Å²) in [6.07, 6.45) is -0.672. The van der Waals surface area contributed by atoms with E-state index in [-0.39, 0.29) is 23.6 Å². The Morgan fingerprint density at radius 1 is 1.02 bits per heavy atom. The first-order valence-electron chi connectivity index (χ1n) is 13.2. The number of aryl methyl sites for hydroxylation is 1. The molecule has 3 rings (SSSR count). The standard InChI is InChI=1S/C30H34N2O9/c1-15(2)30(38)41-27-16(3)24(35)26(37)21(13-23(34)25(36)20(27)12-19-10-8-7-9-11-19)32-22-14-31-17(4)28(29(22)39-6)40-18(5)33/h7-11,14-16,20-21,27,32H,12-13H2,1-6H3/t16-,20+,21+,27-/m1/s1. The largest absolute Gasteiger partial charge is 0.491 e. The van der Waals surface area contributed by atoms with Gasteiger partial charge in [-0.1, -0.05) is 51.1 Å². The number of Topliss-reactive ketones (excluding diaryl/α,β-unsaturated/α-hetero) is 4. The molecule has 0 aliphatic heterocycles. The van der Waals surface area contributed by atoms with Gasteiger partial charge < -0.3 is 19.5 Å². The Morgan fingerprint density at radius 3 is 2.27 bits per heavy atom. The molecule has 1 aliphatic carbocycles. The lowest BCUT2D eigenvalue weighted by atomic mass is 9.81. The summed E-state index contributed by atoms with van der Waals surface area (Å²) in [4.78, 5) is 82.5. The molecular weight excluding hydrogens is 532 g/mol. The summed E-state index contributed by atoms with van der Waals surface area (Å²) >= 11 is 0. The third-order valence-corrected chi connectivity index (χ3v) is 6.83. The van der Waals surface area contributed by atoms with E-state index in [1.54, 1.807) is 51.1 Å². The minimum Gasteiger partial charge on any atom is -0.491 e. The van der Waals surface area contributed by atoms with E-state index in [1.807, 2.05) is 0 Å². The van der Waals surface area contributed by atoms with Crippen LogP contribution in [0.15, 0.2) is 36.5 Å². The molecule has 0 radical (unpaired) electrons. The summed E-state index contributed by atoms with van der Waals surface area (Å²) in [7, 11) is 1.31. The Bertz CT molecular complexity index is 1350. The molecule has 1 aromatic carbocycles. The average molecular weight is 567 g/mol. The number of carbonyl (C=O) groups is 6. The molecule has 11 nitrogen and oxygen atoms in total. The molecule has 0 amide bonds. The summed E-state index contributed by atoms with van der Waals surface area (Å²) in [6.45, 7) is 7.38. The van der Waals surface area contributed by atoms with Gasteiger partial charge in [-0.3, -0.25) is 33.8 Å². The van der Waals surface area contributed by atoms with E-state index in [0.717, 1.165) is 0 Å². The molecule has 1 aliphatic rings. The highest BCUT2D eigenvalue weighted by Crippen LogP contribution is 2.38. The zero-order chi connectivity index (χ0) is 30.4. The van der Waals surface area contributed by atoms with Crippen molar-refractivity contribution >= 4 is 40.8 Å². The van der Waals surface area contributed by atoms with Crippen molar-refractivity contribution in [3.63, 3.8) is 0 Å². The number of nitrogens with zero attached hydrogens (tertiary/aromatic N) is 1. The van der Waals surface area contributed by atoms with Crippen molar-refractivity contribution in [2.45, 2.75) is 59.6 Å². The van der Waals surface area contributed by atoms with Crippen LogP contribution >= 0.6 is 0 Å². The van der Waals surface area contributed by atoms with Crippen LogP contribution in [0.1, 0.15) is 45.4 Å². The van der Waals surface area contributed by atoms with Crippen LogP contribution in [0.3, 0.4) is 0 Å². The molecule has 1 fully saturated rings. The third kappa shape index (κ3) is 7.22. The number of esters is 2. The number of methoxy groups -OCH3 is 1. The molecule has 0 saturated heterocycles. The molecule has 11 heteroatoms. The number of ketones is 4. The molecule has 41 heavy (non-hydrogen) atoms. The van der Waals surface area contributed by atoms with Gasteiger partial charge in [0.1, 0.15) is 12.1 Å². The molecule has 1 aromatic heterocycles. The molecule has 0 unspecified atom stereocenters. The van der Waals surface area contributed by atoms with Crippen molar-refractivity contribution < 1.29 is 43.0 Å². The van der Waals surface area contributed by atoms with Crippen LogP contribution < -0.4 is 14.8 Å². The van der Waals surface area contributed by atoms with E-state index in [2.05, 4.69) is 10.3 Å². The maximum Gasteiger partial charge on any atom is 0.308 e. The zero-order valence-corrected chi connectivity index (χ0v) is 23.9. The lowest BCUT2D eigenvalue weighted by Crippen LogP contribution is -2.45. The minimum absolute atomic E-state index is 0.00815. The number of hydrogen-bond acceptors (Lipinski definition) is 11. The van der Waals surface area contributed by atoms with Crippen molar-refractivity contribution in [2.24, 2.45) is 17.8 Å². The van der Waals surface area contributed by atoms with Gasteiger partial charge in [0.15, 0.2) is 11.5 Å². The predicted molar refractivity (Wildman–Crippen MR) is 146 cm³/mol. The van der Waals surface area contributed by atoms with Crippen LogP contribution in [-0.4, -0.2) is 59.3 Å². The molecular formula is C30H34N2O9. The smallest absolute Gasteiger partial charge is 0.308 e. The highest BCUT2D eigenvalue weighted by Gasteiger charge is 2.46. The van der Waals surface area contributed by atoms with Crippen molar-refractivity contribution in [2.75, 3.05) is 12.4 Å². The SMILES string of the molecule is COc1c(N[C@H]2CC(=O)C(=O)[C@H](Cc3ccccc3)[C@H](OC(=O)C(C)C)[C@H](C)C(=O)C2=O)cnc(C)c1OC(C)=O. The van der Waals surface area contributed by atoms with Gasteiger partial charge in [0.05, 0.1) is 42.4 Å². The summed E-state index contributed by atoms with van der Waals surface area (Å²) in [6, 6.07) is 7.35. The summed E-state index contributed by atoms with van der Waals surface area (Å²) in [5.41, 5.74) is 1.08. The minimum atomic E-state index is -1.47. The van der Waals surface area contributed by atoms with Gasteiger partial charge in [0.2, 0.25) is 23.1 Å². The van der Waals surface area contributed by atoms with Crippen molar-refractivity contribution in [1.82, 2.24) is 4.98 Å². The monoisotopic (exact) mass is 566 g/mol. The Hall–Kier alpha value is -4.41. The number of nitrogens with one attached hydrogen (secondary N) is 1. The molecule has 1 saturated carbocycles. The van der Waals surface area contributed by atoms with E-state index < -0.39 is 71.4 Å². The fourth-order valence-electron chi connectivity index (χ4n) is 4.60. The van der Waals surface area contributed by atoms with E-state index in [9.17, 15) is 28.8 Å². The van der Waals surface area contributed by atoms with Crippen LogP contribution in [0, 0.1) is 24.7 Å². The van der Waals surface area contributed by atoms with Gasteiger partial charge in [-0.05, 0) is 18.9 Å². The highest BCUT2D eigenvalue weighted by molar-refractivity contribution is 6.44. The topological polar surface area (TPSA) is 155 Å². The number of hydrogen-bond donors (Lipinski definition) is 1. The average Bonchev–Trinajstić information content (AvgIpc) is 2.95. The van der Waals surface area contributed by atoms with Gasteiger partial charge in [0.25, 0.3) is 0 Å². The number of rotatable bonds is 8. The first-order valence-corrected chi connectivity index (χ1v) is 13.2. The Morgan fingerprint density at radius 2 is 1.68 bits per heavy atom. The molecule has 1 N–H and O–H groups in total. The van der Waals surface area contributed by atoms with Gasteiger partial charge >= 0.3 is 11.9 Å². The highest BCUT2D eigenvalue weighted by atomic mass is 16.6. The normalized spacial score (nSPS) is 21.5. The number of ether oxygens (including phenoxy) is 3. The van der Waals surface area contributed by atoms with Crippen LogP contribution in [-0.2, 0) is 39.9 Å². The van der Waals surface area contributed by atoms with Crippen molar-refractivity contribution in [3.05, 3.63) is 47.8 Å². The first-order chi connectivity index (χ1) is 19.3. The van der Waals surface area contributed by atoms with E-state index in [0.29, 0.717) is 11.3 Å². The predicted octanol–water partition coefficient (Wildman–Crippen LogP) is 2.85. The fourth-order valence-corrected chi connectivity index (χ4v) is 4.60. The second-order valence-corrected chi connectivity index (χ2v) is 10.3. The van der Waals surface area contributed by atoms with Crippen molar-refractivity contribution in [3.8, 4) is 11.5 Å². The van der Waals surface area contributed by atoms with E-state index in [4.69, 9.17) is 14.2 Å². The van der Waals surface area contributed by atoms with E-state index >= 15 is 0 Å². The van der Waals surface area contributed by atoms with Gasteiger partial charge in [0, 0.05) is 13.3 Å². The number of benzene rings is 1. The van der Waals surface area contributed by atoms with E-state index in [1.165, 1.54) is 27.2 Å². The maximum absolute atomic E-state index is 13.6. The van der Waals surface area contributed by atoms with Gasteiger partial charge in [-0.2, -0.15) is 0 Å². The third-order valence-electron chi connectivity index (χ3n) is 6.83. The maximum atomic E-state index is 13.6. The van der Waals surface area contributed by atoms with Gasteiger partial charge in [-0.15, -0.1) is 0 Å². The number of aromatic nitrogens is 1. The molecule has 4 atom stereocenters. The van der Waals surface area contributed by atoms with Crippen molar-refractivity contribution in [1.29, 1.82) is 0 Å². The Labute approximate surface area is 237 Å². The summed E-state index contributed by atoms with van der Waals surface area (Å²) < 4.78 is 16.3. The summed E-state index contributed by atoms with van der Waals surface area (Å²) in [5, 5.41) is 2.80. The number of anilines is 1. The quantitative estimate of drug-likeness (QED) is 0.370. The fraction of sp³-hybridized carbons (Fsp3) is 0.433. The molecule has 2 aromatic rings. The number of pyridine rings is 1. The van der Waals surface area contributed by atoms with Gasteiger partial charge in [-0.25, -0.2) is 0 Å². The molecule has 218 valence electrons.